The summed E-state index contributed by atoms with van der Waals surface area (Å²) in [5.41, 5.74) is 0. The maximum Gasteiger partial charge on any atom is 0.228 e. The van der Waals surface area contributed by atoms with Crippen molar-refractivity contribution in [3.05, 3.63) is 0 Å². The second-order valence-corrected chi connectivity index (χ2v) is 8.30. The quantitative estimate of drug-likeness (QED) is 0.676. The Morgan fingerprint density at radius 3 is 2.85 bits per heavy atom. The Morgan fingerprint density at radius 2 is 2.11 bits per heavy atom. The van der Waals surface area contributed by atoms with E-state index in [9.17, 15) is 9.59 Å². The first-order valence-corrected chi connectivity index (χ1v) is 10.6. The summed E-state index contributed by atoms with van der Waals surface area (Å²) in [7, 11) is 0. The predicted molar refractivity (Wildman–Crippen MR) is 105 cm³/mol. The van der Waals surface area contributed by atoms with E-state index in [0.717, 1.165) is 43.9 Å². The number of ether oxygens (including phenoxy) is 1. The molecule has 8 nitrogen and oxygen atoms in total. The topological polar surface area (TPSA) is 87.7 Å². The minimum absolute atomic E-state index is 0.0365. The van der Waals surface area contributed by atoms with Gasteiger partial charge in [0.25, 0.3) is 0 Å². The summed E-state index contributed by atoms with van der Waals surface area (Å²) in [4.78, 5) is 28.2. The summed E-state index contributed by atoms with van der Waals surface area (Å²) in [6.45, 7) is 7.56. The van der Waals surface area contributed by atoms with Crippen LogP contribution in [0.5, 0.6) is 0 Å². The molecule has 0 spiro atoms. The van der Waals surface area contributed by atoms with E-state index in [0.29, 0.717) is 31.2 Å². The molecule has 0 aliphatic carbocycles. The molecule has 9 heteroatoms. The molecular formula is C18H29N5O3S. The summed E-state index contributed by atoms with van der Waals surface area (Å²) >= 11 is 1.44. The summed E-state index contributed by atoms with van der Waals surface area (Å²) < 4.78 is 5.49. The summed E-state index contributed by atoms with van der Waals surface area (Å²) in [5, 5.41) is 13.0. The number of rotatable bonds is 8. The first-order valence-electron chi connectivity index (χ1n) is 9.82. The highest BCUT2D eigenvalue weighted by atomic mass is 32.1. The number of anilines is 2. The molecule has 0 aromatic carbocycles. The Kier molecular flexibility index (Phi) is 7.01. The van der Waals surface area contributed by atoms with Gasteiger partial charge in [-0.3, -0.25) is 14.5 Å². The van der Waals surface area contributed by atoms with Crippen LogP contribution in [0.4, 0.5) is 10.3 Å². The van der Waals surface area contributed by atoms with E-state index in [2.05, 4.69) is 20.4 Å². The van der Waals surface area contributed by atoms with Crippen LogP contribution < -0.4 is 15.1 Å². The lowest BCUT2D eigenvalue weighted by Gasteiger charge is -2.31. The van der Waals surface area contributed by atoms with E-state index in [4.69, 9.17) is 4.74 Å². The molecule has 2 aliphatic rings. The molecule has 27 heavy (non-hydrogen) atoms. The number of carbonyl (C=O) groups excluding carboxylic acids is 2. The van der Waals surface area contributed by atoms with E-state index in [1.165, 1.54) is 11.3 Å². The first-order chi connectivity index (χ1) is 13.0. The molecule has 3 heterocycles. The molecule has 1 atom stereocenters. The second-order valence-electron chi connectivity index (χ2n) is 7.37. The number of carbonyl (C=O) groups is 2. The Hall–Kier alpha value is -1.74. The number of piperidine rings is 1. The largest absolute Gasteiger partial charge is 0.379 e. The monoisotopic (exact) mass is 395 g/mol. The number of nitrogens with zero attached hydrogens (tertiary/aromatic N) is 4. The van der Waals surface area contributed by atoms with Gasteiger partial charge in [0.1, 0.15) is 0 Å². The van der Waals surface area contributed by atoms with E-state index in [-0.39, 0.29) is 23.8 Å². The number of aromatic nitrogens is 2. The van der Waals surface area contributed by atoms with E-state index >= 15 is 0 Å². The van der Waals surface area contributed by atoms with E-state index in [1.54, 1.807) is 4.90 Å². The van der Waals surface area contributed by atoms with Crippen molar-refractivity contribution < 1.29 is 14.3 Å². The third-order valence-electron chi connectivity index (χ3n) is 4.84. The minimum Gasteiger partial charge on any atom is -0.379 e. The van der Waals surface area contributed by atoms with Gasteiger partial charge >= 0.3 is 0 Å². The normalized spacial score (nSPS) is 20.6. The Balaban J connectivity index is 1.48. The molecular weight excluding hydrogens is 366 g/mol. The van der Waals surface area contributed by atoms with Crippen molar-refractivity contribution in [1.82, 2.24) is 15.5 Å². The van der Waals surface area contributed by atoms with Crippen LogP contribution in [-0.4, -0.2) is 60.9 Å². The highest BCUT2D eigenvalue weighted by Crippen LogP contribution is 2.32. The van der Waals surface area contributed by atoms with Crippen LogP contribution in [0.3, 0.4) is 0 Å². The lowest BCUT2D eigenvalue weighted by atomic mass is 9.97. The van der Waals surface area contributed by atoms with Gasteiger partial charge in [-0.25, -0.2) is 0 Å². The Labute approximate surface area is 164 Å². The van der Waals surface area contributed by atoms with Crippen molar-refractivity contribution >= 4 is 33.4 Å². The minimum atomic E-state index is -0.0365. The molecule has 1 N–H and O–H groups in total. The number of hydrogen-bond donors (Lipinski definition) is 1. The Bertz CT molecular complexity index is 651. The molecule has 3 rings (SSSR count). The average molecular weight is 396 g/mol. The van der Waals surface area contributed by atoms with Crippen LogP contribution in [0.25, 0.3) is 0 Å². The van der Waals surface area contributed by atoms with Crippen LogP contribution in [0.15, 0.2) is 0 Å². The van der Waals surface area contributed by atoms with Gasteiger partial charge in [-0.2, -0.15) is 0 Å². The van der Waals surface area contributed by atoms with Gasteiger partial charge in [0.2, 0.25) is 22.1 Å². The zero-order chi connectivity index (χ0) is 19.2. The van der Waals surface area contributed by atoms with E-state index in [1.807, 2.05) is 13.8 Å². The molecule has 2 fully saturated rings. The molecule has 1 aromatic rings. The average Bonchev–Trinajstić information content (AvgIpc) is 3.30. The van der Waals surface area contributed by atoms with Crippen molar-refractivity contribution in [2.75, 3.05) is 42.6 Å². The van der Waals surface area contributed by atoms with Crippen molar-refractivity contribution in [3.63, 3.8) is 0 Å². The molecule has 0 unspecified atom stereocenters. The van der Waals surface area contributed by atoms with Crippen molar-refractivity contribution in [3.8, 4) is 0 Å². The molecule has 150 valence electrons. The molecule has 0 saturated carbocycles. The van der Waals surface area contributed by atoms with Crippen LogP contribution >= 0.6 is 11.3 Å². The van der Waals surface area contributed by atoms with Crippen LogP contribution in [0, 0.1) is 5.92 Å². The molecule has 2 aliphatic heterocycles. The van der Waals surface area contributed by atoms with Crippen molar-refractivity contribution in [2.45, 2.75) is 52.1 Å². The lowest BCUT2D eigenvalue weighted by Crippen LogP contribution is -2.43. The summed E-state index contributed by atoms with van der Waals surface area (Å²) in [6, 6.07) is 0. The fourth-order valence-electron chi connectivity index (χ4n) is 3.41. The SMILES string of the molecule is CC(C)OCCCNC(=O)[C@H]1CCCN(c2nnc(N3CCCC3=O)s2)C1. The number of amides is 2. The van der Waals surface area contributed by atoms with Crippen LogP contribution in [-0.2, 0) is 14.3 Å². The summed E-state index contributed by atoms with van der Waals surface area (Å²) in [6.07, 6.45) is 4.35. The zero-order valence-corrected chi connectivity index (χ0v) is 17.0. The van der Waals surface area contributed by atoms with Gasteiger partial charge in [0, 0.05) is 39.2 Å². The van der Waals surface area contributed by atoms with Gasteiger partial charge in [-0.05, 0) is 39.5 Å². The van der Waals surface area contributed by atoms with Crippen molar-refractivity contribution in [1.29, 1.82) is 0 Å². The standard InChI is InChI=1S/C18H29N5O3S/c1-13(2)26-11-5-8-19-16(25)14-6-3-9-22(12-14)17-20-21-18(27-17)23-10-4-7-15(23)24/h13-14H,3-12H2,1-2H3,(H,19,25)/t14-/m0/s1. The Morgan fingerprint density at radius 1 is 1.30 bits per heavy atom. The zero-order valence-electron chi connectivity index (χ0n) is 16.1. The number of nitrogens with one attached hydrogen (secondary N) is 1. The van der Waals surface area contributed by atoms with Crippen LogP contribution in [0.1, 0.15) is 46.0 Å². The number of hydrogen-bond acceptors (Lipinski definition) is 7. The fourth-order valence-corrected chi connectivity index (χ4v) is 4.33. The molecule has 0 bridgehead atoms. The maximum atomic E-state index is 12.5. The fraction of sp³-hybridized carbons (Fsp3) is 0.778. The van der Waals surface area contributed by atoms with Gasteiger partial charge in [0.05, 0.1) is 12.0 Å². The third kappa shape index (κ3) is 5.38. The molecule has 2 amide bonds. The van der Waals surface area contributed by atoms with E-state index < -0.39 is 0 Å². The molecule has 0 radical (unpaired) electrons. The van der Waals surface area contributed by atoms with Crippen LogP contribution in [0.2, 0.25) is 0 Å². The van der Waals surface area contributed by atoms with Gasteiger partial charge < -0.3 is 15.0 Å². The van der Waals surface area contributed by atoms with Gasteiger partial charge in [0.15, 0.2) is 0 Å². The maximum absolute atomic E-state index is 12.5. The van der Waals surface area contributed by atoms with Gasteiger partial charge in [-0.1, -0.05) is 11.3 Å². The third-order valence-corrected chi connectivity index (χ3v) is 5.85. The van der Waals surface area contributed by atoms with Gasteiger partial charge in [-0.15, -0.1) is 10.2 Å². The molecule has 2 saturated heterocycles. The smallest absolute Gasteiger partial charge is 0.228 e. The predicted octanol–water partition coefficient (Wildman–Crippen LogP) is 1.81. The highest BCUT2D eigenvalue weighted by Gasteiger charge is 2.29. The second kappa shape index (κ2) is 9.45. The summed E-state index contributed by atoms with van der Waals surface area (Å²) in [5.74, 6) is 0.185. The van der Waals surface area contributed by atoms with Crippen molar-refractivity contribution in [2.24, 2.45) is 5.92 Å². The highest BCUT2D eigenvalue weighted by molar-refractivity contribution is 7.19. The lowest BCUT2D eigenvalue weighted by molar-refractivity contribution is -0.125. The first kappa shape index (κ1) is 20.0. The molecule has 1 aromatic heterocycles.